The van der Waals surface area contributed by atoms with Gasteiger partial charge in [0.05, 0.1) is 18.1 Å². The van der Waals surface area contributed by atoms with Gasteiger partial charge in [-0.2, -0.15) is 4.98 Å². The fraction of sp³-hybridized carbons (Fsp3) is 0.150. The minimum absolute atomic E-state index is 0.536. The summed E-state index contributed by atoms with van der Waals surface area (Å²) in [6, 6.07) is 11.8. The van der Waals surface area contributed by atoms with Gasteiger partial charge in [0.2, 0.25) is 5.95 Å². The fourth-order valence-electron chi connectivity index (χ4n) is 2.97. The second kappa shape index (κ2) is 6.95. The molecule has 0 bridgehead atoms. The van der Waals surface area contributed by atoms with Crippen molar-refractivity contribution >= 4 is 28.5 Å². The molecule has 0 saturated carbocycles. The van der Waals surface area contributed by atoms with Gasteiger partial charge in [0.15, 0.2) is 0 Å². The molecule has 3 heterocycles. The summed E-state index contributed by atoms with van der Waals surface area (Å²) in [5, 5.41) is 6.31. The number of benzene rings is 1. The number of nitrogens with zero attached hydrogens (tertiary/aromatic N) is 3. The van der Waals surface area contributed by atoms with Crippen LogP contribution >= 0.6 is 0 Å². The van der Waals surface area contributed by atoms with Crippen molar-refractivity contribution in [3.05, 3.63) is 54.5 Å². The molecular formula is C20H20N6O. The zero-order valence-electron chi connectivity index (χ0n) is 15.4. The first-order valence-electron chi connectivity index (χ1n) is 8.58. The fourth-order valence-corrected chi connectivity index (χ4v) is 2.97. The third-order valence-corrected chi connectivity index (χ3v) is 4.28. The largest absolute Gasteiger partial charge is 0.496 e. The van der Waals surface area contributed by atoms with Crippen molar-refractivity contribution in [3.8, 4) is 16.9 Å². The molecular weight excluding hydrogens is 340 g/mol. The highest BCUT2D eigenvalue weighted by Crippen LogP contribution is 2.34. The molecule has 136 valence electrons. The zero-order valence-corrected chi connectivity index (χ0v) is 15.4. The monoisotopic (exact) mass is 360 g/mol. The molecule has 0 fully saturated rings. The van der Waals surface area contributed by atoms with Gasteiger partial charge in [-0.25, -0.2) is 4.98 Å². The summed E-state index contributed by atoms with van der Waals surface area (Å²) in [4.78, 5) is 16.6. The molecule has 4 aromatic rings. The molecule has 0 atom stereocenters. The Bertz CT molecular complexity index is 1100. The van der Waals surface area contributed by atoms with Crippen LogP contribution in [0.15, 0.2) is 48.8 Å². The Hall–Kier alpha value is -3.61. The zero-order chi connectivity index (χ0) is 18.8. The first-order valence-corrected chi connectivity index (χ1v) is 8.58. The standard InChI is InChI=1S/C20H20N6O/c1-12-8-19(21-2)26-20(24-12)25-14-4-5-18(27-3)15(10-14)13-9-17-16(23-11-13)6-7-22-17/h4-11,22H,1-3H3,(H2,21,24,25,26). The molecule has 0 aliphatic rings. The van der Waals surface area contributed by atoms with Crippen LogP contribution < -0.4 is 15.4 Å². The van der Waals surface area contributed by atoms with Crippen molar-refractivity contribution in [2.45, 2.75) is 6.92 Å². The molecule has 0 radical (unpaired) electrons. The van der Waals surface area contributed by atoms with E-state index in [1.807, 2.05) is 56.7 Å². The topological polar surface area (TPSA) is 87.8 Å². The number of nitrogens with one attached hydrogen (secondary N) is 3. The number of aromatic nitrogens is 4. The molecule has 0 saturated heterocycles. The van der Waals surface area contributed by atoms with Gasteiger partial charge in [-0.05, 0) is 37.3 Å². The molecule has 0 amide bonds. The molecule has 0 aliphatic heterocycles. The van der Waals surface area contributed by atoms with E-state index >= 15 is 0 Å². The third-order valence-electron chi connectivity index (χ3n) is 4.28. The summed E-state index contributed by atoms with van der Waals surface area (Å²) in [6.07, 6.45) is 3.73. The number of H-pyrrole nitrogens is 1. The van der Waals surface area contributed by atoms with E-state index in [1.165, 1.54) is 0 Å². The molecule has 3 N–H and O–H groups in total. The Kier molecular flexibility index (Phi) is 4.33. The van der Waals surface area contributed by atoms with Crippen molar-refractivity contribution in [2.24, 2.45) is 0 Å². The van der Waals surface area contributed by atoms with Gasteiger partial charge >= 0.3 is 0 Å². The van der Waals surface area contributed by atoms with Gasteiger partial charge in [0, 0.05) is 48.0 Å². The number of methoxy groups -OCH3 is 1. The van der Waals surface area contributed by atoms with E-state index in [1.54, 1.807) is 7.11 Å². The second-order valence-electron chi connectivity index (χ2n) is 6.14. The van der Waals surface area contributed by atoms with Gasteiger partial charge in [-0.3, -0.25) is 4.98 Å². The van der Waals surface area contributed by atoms with Crippen LogP contribution in [-0.2, 0) is 0 Å². The van der Waals surface area contributed by atoms with Crippen molar-refractivity contribution in [1.29, 1.82) is 0 Å². The van der Waals surface area contributed by atoms with Crippen LogP contribution in [0.3, 0.4) is 0 Å². The maximum Gasteiger partial charge on any atom is 0.229 e. The first-order chi connectivity index (χ1) is 13.2. The van der Waals surface area contributed by atoms with Gasteiger partial charge in [0.25, 0.3) is 0 Å². The van der Waals surface area contributed by atoms with E-state index in [2.05, 4.69) is 36.6 Å². The molecule has 3 aromatic heterocycles. The molecule has 1 aromatic carbocycles. The lowest BCUT2D eigenvalue weighted by molar-refractivity contribution is 0.416. The van der Waals surface area contributed by atoms with Crippen LogP contribution in [0.5, 0.6) is 5.75 Å². The predicted octanol–water partition coefficient (Wildman–Crippen LogP) is 4.12. The maximum absolute atomic E-state index is 5.55. The Labute approximate surface area is 156 Å². The Balaban J connectivity index is 1.73. The third kappa shape index (κ3) is 3.39. The molecule has 27 heavy (non-hydrogen) atoms. The summed E-state index contributed by atoms with van der Waals surface area (Å²) in [5.74, 6) is 2.07. The maximum atomic E-state index is 5.55. The van der Waals surface area contributed by atoms with E-state index in [0.717, 1.165) is 45.1 Å². The van der Waals surface area contributed by atoms with Crippen LogP contribution in [0.25, 0.3) is 22.2 Å². The smallest absolute Gasteiger partial charge is 0.229 e. The predicted molar refractivity (Wildman–Crippen MR) is 108 cm³/mol. The molecule has 0 spiro atoms. The summed E-state index contributed by atoms with van der Waals surface area (Å²) < 4.78 is 5.55. The average Bonchev–Trinajstić information content (AvgIpc) is 3.15. The number of rotatable bonds is 5. The number of aryl methyl sites for hydroxylation is 1. The molecule has 4 rings (SSSR count). The Morgan fingerprint density at radius 1 is 1.07 bits per heavy atom. The number of ether oxygens (including phenoxy) is 1. The molecule has 0 unspecified atom stereocenters. The van der Waals surface area contributed by atoms with Crippen LogP contribution in [-0.4, -0.2) is 34.1 Å². The van der Waals surface area contributed by atoms with E-state index in [0.29, 0.717) is 5.95 Å². The van der Waals surface area contributed by atoms with Crippen molar-refractivity contribution in [3.63, 3.8) is 0 Å². The lowest BCUT2D eigenvalue weighted by Crippen LogP contribution is -2.02. The summed E-state index contributed by atoms with van der Waals surface area (Å²) in [6.45, 7) is 1.93. The van der Waals surface area contributed by atoms with Crippen molar-refractivity contribution < 1.29 is 4.74 Å². The van der Waals surface area contributed by atoms with Gasteiger partial charge < -0.3 is 20.4 Å². The number of aromatic amines is 1. The molecule has 7 heteroatoms. The number of hydrogen-bond donors (Lipinski definition) is 3. The normalized spacial score (nSPS) is 10.8. The SMILES string of the molecule is CNc1cc(C)nc(Nc2ccc(OC)c(-c3cnc4cc[nH]c4c3)c2)n1. The van der Waals surface area contributed by atoms with Crippen LogP contribution in [0.2, 0.25) is 0 Å². The Morgan fingerprint density at radius 3 is 2.78 bits per heavy atom. The minimum atomic E-state index is 0.536. The summed E-state index contributed by atoms with van der Waals surface area (Å²) in [5.41, 5.74) is 5.56. The minimum Gasteiger partial charge on any atom is -0.496 e. The van der Waals surface area contributed by atoms with E-state index < -0.39 is 0 Å². The van der Waals surface area contributed by atoms with Gasteiger partial charge in [0.1, 0.15) is 11.6 Å². The second-order valence-corrected chi connectivity index (χ2v) is 6.14. The highest BCUT2D eigenvalue weighted by atomic mass is 16.5. The van der Waals surface area contributed by atoms with Gasteiger partial charge in [-0.15, -0.1) is 0 Å². The molecule has 0 aliphatic carbocycles. The van der Waals surface area contributed by atoms with E-state index in [4.69, 9.17) is 4.74 Å². The van der Waals surface area contributed by atoms with E-state index in [9.17, 15) is 0 Å². The first kappa shape index (κ1) is 16.8. The quantitative estimate of drug-likeness (QED) is 0.496. The highest BCUT2D eigenvalue weighted by molar-refractivity contribution is 5.83. The summed E-state index contributed by atoms with van der Waals surface area (Å²) in [7, 11) is 3.50. The Morgan fingerprint density at radius 2 is 1.96 bits per heavy atom. The van der Waals surface area contributed by atoms with Crippen LogP contribution in [0.4, 0.5) is 17.5 Å². The lowest BCUT2D eigenvalue weighted by Gasteiger charge is -2.13. The number of fused-ring (bicyclic) bond motifs is 1. The average molecular weight is 360 g/mol. The van der Waals surface area contributed by atoms with Crippen LogP contribution in [0.1, 0.15) is 5.69 Å². The van der Waals surface area contributed by atoms with Gasteiger partial charge in [-0.1, -0.05) is 0 Å². The number of anilines is 3. The van der Waals surface area contributed by atoms with Crippen LogP contribution in [0, 0.1) is 6.92 Å². The summed E-state index contributed by atoms with van der Waals surface area (Å²) >= 11 is 0. The highest BCUT2D eigenvalue weighted by Gasteiger charge is 2.10. The number of pyridine rings is 1. The van der Waals surface area contributed by atoms with Crippen molar-refractivity contribution in [2.75, 3.05) is 24.8 Å². The number of hydrogen-bond acceptors (Lipinski definition) is 6. The van der Waals surface area contributed by atoms with E-state index in [-0.39, 0.29) is 0 Å². The lowest BCUT2D eigenvalue weighted by atomic mass is 10.1. The van der Waals surface area contributed by atoms with Crippen molar-refractivity contribution in [1.82, 2.24) is 19.9 Å². The molecule has 7 nitrogen and oxygen atoms in total.